The first-order valence-corrected chi connectivity index (χ1v) is 9.24. The first kappa shape index (κ1) is 21.9. The molecule has 6 nitrogen and oxygen atoms in total. The Morgan fingerprint density at radius 1 is 1.00 bits per heavy atom. The van der Waals surface area contributed by atoms with Gasteiger partial charge in [0.15, 0.2) is 6.61 Å². The molecule has 0 atom stereocenters. The Balaban J connectivity index is 1.41. The van der Waals surface area contributed by atoms with Crippen LogP contribution in [0.4, 0.5) is 13.2 Å². The van der Waals surface area contributed by atoms with Gasteiger partial charge in [0.25, 0.3) is 5.91 Å². The van der Waals surface area contributed by atoms with E-state index in [1.807, 2.05) is 0 Å². The number of esters is 1. The van der Waals surface area contributed by atoms with Gasteiger partial charge in [-0.05, 0) is 48.4 Å². The minimum absolute atomic E-state index is 0.0470. The van der Waals surface area contributed by atoms with Crippen molar-refractivity contribution in [3.05, 3.63) is 77.8 Å². The number of benzene rings is 2. The van der Waals surface area contributed by atoms with Gasteiger partial charge in [-0.25, -0.2) is 9.18 Å². The number of alkyl halides is 2. The number of carbonyl (C=O) groups is 2. The minimum atomic E-state index is -2.89. The largest absolute Gasteiger partial charge is 0.450 e. The third-order valence-electron chi connectivity index (χ3n) is 4.17. The number of ether oxygens (including phenoxy) is 2. The Hall–Kier alpha value is -3.75. The fourth-order valence-corrected chi connectivity index (χ4v) is 2.69. The van der Waals surface area contributed by atoms with Crippen LogP contribution >= 0.6 is 0 Å². The Morgan fingerprint density at radius 2 is 1.74 bits per heavy atom. The molecule has 0 fully saturated rings. The van der Waals surface area contributed by atoms with E-state index in [1.54, 1.807) is 18.2 Å². The molecular weight excluding hydrogens is 415 g/mol. The fourth-order valence-electron chi connectivity index (χ4n) is 2.69. The molecule has 31 heavy (non-hydrogen) atoms. The summed E-state index contributed by atoms with van der Waals surface area (Å²) < 4.78 is 52.5. The Bertz CT molecular complexity index is 1030. The van der Waals surface area contributed by atoms with Crippen LogP contribution in [0.3, 0.4) is 0 Å². The SMILES string of the molecule is O=C(COC(=O)c1ccc(-c2ccccc2F)o1)NCCc1ccc(OC(F)F)cc1. The van der Waals surface area contributed by atoms with Crippen LogP contribution in [-0.2, 0) is 16.0 Å². The van der Waals surface area contributed by atoms with E-state index in [4.69, 9.17) is 9.15 Å². The molecule has 0 saturated heterocycles. The van der Waals surface area contributed by atoms with Crippen LogP contribution in [0.5, 0.6) is 5.75 Å². The fraction of sp³-hybridized carbons (Fsp3) is 0.182. The third kappa shape index (κ3) is 6.36. The highest BCUT2D eigenvalue weighted by molar-refractivity contribution is 5.89. The molecule has 2 aromatic carbocycles. The van der Waals surface area contributed by atoms with Crippen LogP contribution in [0.25, 0.3) is 11.3 Å². The predicted octanol–water partition coefficient (Wildman–Crippen LogP) is 4.20. The van der Waals surface area contributed by atoms with Crippen LogP contribution < -0.4 is 10.1 Å². The average molecular weight is 433 g/mol. The molecule has 0 aliphatic carbocycles. The number of furan rings is 1. The summed E-state index contributed by atoms with van der Waals surface area (Å²) in [7, 11) is 0. The number of halogens is 3. The van der Waals surface area contributed by atoms with E-state index in [-0.39, 0.29) is 29.4 Å². The zero-order valence-electron chi connectivity index (χ0n) is 16.1. The zero-order valence-corrected chi connectivity index (χ0v) is 16.1. The smallest absolute Gasteiger partial charge is 0.387 e. The van der Waals surface area contributed by atoms with Gasteiger partial charge in [0.1, 0.15) is 17.3 Å². The lowest BCUT2D eigenvalue weighted by molar-refractivity contribution is -0.124. The Kier molecular flexibility index (Phi) is 7.31. The maximum Gasteiger partial charge on any atom is 0.387 e. The molecule has 1 heterocycles. The van der Waals surface area contributed by atoms with E-state index in [0.717, 1.165) is 5.56 Å². The topological polar surface area (TPSA) is 77.8 Å². The summed E-state index contributed by atoms with van der Waals surface area (Å²) in [5, 5.41) is 2.58. The third-order valence-corrected chi connectivity index (χ3v) is 4.17. The second kappa shape index (κ2) is 10.3. The zero-order chi connectivity index (χ0) is 22.2. The highest BCUT2D eigenvalue weighted by Crippen LogP contribution is 2.25. The van der Waals surface area contributed by atoms with Crippen molar-refractivity contribution >= 4 is 11.9 Å². The molecule has 0 unspecified atom stereocenters. The number of amides is 1. The van der Waals surface area contributed by atoms with Gasteiger partial charge in [-0.3, -0.25) is 4.79 Å². The summed E-state index contributed by atoms with van der Waals surface area (Å²) in [5.41, 5.74) is 1.00. The highest BCUT2D eigenvalue weighted by atomic mass is 19.3. The molecule has 0 saturated carbocycles. The summed E-state index contributed by atoms with van der Waals surface area (Å²) in [4.78, 5) is 23.9. The lowest BCUT2D eigenvalue weighted by atomic mass is 10.1. The van der Waals surface area contributed by atoms with Crippen LogP contribution in [0.2, 0.25) is 0 Å². The maximum atomic E-state index is 13.8. The van der Waals surface area contributed by atoms with Gasteiger partial charge in [-0.1, -0.05) is 24.3 Å². The molecule has 3 rings (SSSR count). The molecule has 1 N–H and O–H groups in total. The van der Waals surface area contributed by atoms with Crippen LogP contribution in [0.1, 0.15) is 16.1 Å². The van der Waals surface area contributed by atoms with Gasteiger partial charge in [0.05, 0.1) is 5.56 Å². The number of hydrogen-bond donors (Lipinski definition) is 1. The molecule has 162 valence electrons. The van der Waals surface area contributed by atoms with Crippen LogP contribution in [-0.4, -0.2) is 31.6 Å². The summed E-state index contributed by atoms with van der Waals surface area (Å²) in [6.07, 6.45) is 0.443. The summed E-state index contributed by atoms with van der Waals surface area (Å²) in [6, 6.07) is 14.7. The molecule has 0 aliphatic rings. The van der Waals surface area contributed by atoms with Crippen molar-refractivity contribution in [1.29, 1.82) is 0 Å². The summed E-state index contributed by atoms with van der Waals surface area (Å²) >= 11 is 0. The first-order valence-electron chi connectivity index (χ1n) is 9.24. The van der Waals surface area contributed by atoms with Crippen molar-refractivity contribution in [2.45, 2.75) is 13.0 Å². The molecule has 1 aromatic heterocycles. The molecular formula is C22H18F3NO5. The van der Waals surface area contributed by atoms with E-state index >= 15 is 0 Å². The van der Waals surface area contributed by atoms with Crippen molar-refractivity contribution < 1.29 is 36.7 Å². The van der Waals surface area contributed by atoms with E-state index in [0.29, 0.717) is 6.42 Å². The van der Waals surface area contributed by atoms with Crippen LogP contribution in [0, 0.1) is 5.82 Å². The van der Waals surface area contributed by atoms with Crippen molar-refractivity contribution in [2.24, 2.45) is 0 Å². The standard InChI is InChI=1S/C22H18F3NO5/c23-17-4-2-1-3-16(17)18-9-10-19(31-18)21(28)29-13-20(27)26-12-11-14-5-7-15(8-6-14)30-22(24)25/h1-10,22H,11-13H2,(H,26,27). The molecule has 0 aliphatic heterocycles. The van der Waals surface area contributed by atoms with Gasteiger partial charge in [0, 0.05) is 6.54 Å². The van der Waals surface area contributed by atoms with Crippen molar-refractivity contribution in [3.8, 4) is 17.1 Å². The Labute approximate surface area is 175 Å². The first-order chi connectivity index (χ1) is 14.9. The second-order valence-corrected chi connectivity index (χ2v) is 6.34. The quantitative estimate of drug-likeness (QED) is 0.512. The van der Waals surface area contributed by atoms with E-state index in [1.165, 1.54) is 42.5 Å². The molecule has 0 bridgehead atoms. The molecule has 9 heteroatoms. The van der Waals surface area contributed by atoms with Gasteiger partial charge in [-0.2, -0.15) is 8.78 Å². The molecule has 0 radical (unpaired) electrons. The van der Waals surface area contributed by atoms with Gasteiger partial charge >= 0.3 is 12.6 Å². The number of rotatable bonds is 9. The molecule has 1 amide bonds. The van der Waals surface area contributed by atoms with Gasteiger partial charge < -0.3 is 19.2 Å². The summed E-state index contributed by atoms with van der Waals surface area (Å²) in [5.74, 6) is -1.81. The number of nitrogens with one attached hydrogen (secondary N) is 1. The van der Waals surface area contributed by atoms with Crippen molar-refractivity contribution in [1.82, 2.24) is 5.32 Å². The minimum Gasteiger partial charge on any atom is -0.450 e. The monoisotopic (exact) mass is 433 g/mol. The van der Waals surface area contributed by atoms with E-state index in [9.17, 15) is 22.8 Å². The maximum absolute atomic E-state index is 13.8. The number of carbonyl (C=O) groups excluding carboxylic acids is 2. The predicted molar refractivity (Wildman–Crippen MR) is 104 cm³/mol. The van der Waals surface area contributed by atoms with E-state index < -0.39 is 30.9 Å². The Morgan fingerprint density at radius 3 is 2.45 bits per heavy atom. The molecule has 0 spiro atoms. The van der Waals surface area contributed by atoms with Gasteiger partial charge in [0.2, 0.25) is 5.76 Å². The van der Waals surface area contributed by atoms with E-state index in [2.05, 4.69) is 10.1 Å². The highest BCUT2D eigenvalue weighted by Gasteiger charge is 2.16. The average Bonchev–Trinajstić information content (AvgIpc) is 3.23. The number of hydrogen-bond acceptors (Lipinski definition) is 5. The second-order valence-electron chi connectivity index (χ2n) is 6.34. The van der Waals surface area contributed by atoms with Gasteiger partial charge in [-0.15, -0.1) is 0 Å². The summed E-state index contributed by atoms with van der Waals surface area (Å²) in [6.45, 7) is -3.15. The lowest BCUT2D eigenvalue weighted by Crippen LogP contribution is -2.30. The normalized spacial score (nSPS) is 10.7. The lowest BCUT2D eigenvalue weighted by Gasteiger charge is -2.07. The van der Waals surface area contributed by atoms with Crippen molar-refractivity contribution in [3.63, 3.8) is 0 Å². The molecule has 3 aromatic rings. The van der Waals surface area contributed by atoms with Crippen LogP contribution in [0.15, 0.2) is 65.1 Å². The van der Waals surface area contributed by atoms with Crippen molar-refractivity contribution in [2.75, 3.05) is 13.2 Å².